The molecule has 3 N–H and O–H groups in total. The third-order valence-corrected chi connectivity index (χ3v) is 5.61. The van der Waals surface area contributed by atoms with E-state index < -0.39 is 17.9 Å². The second-order valence-electron chi connectivity index (χ2n) is 6.97. The van der Waals surface area contributed by atoms with Crippen LogP contribution >= 0.6 is 11.3 Å². The number of benzene rings is 1. The topological polar surface area (TPSA) is 78.4 Å². The molecule has 0 spiro atoms. The van der Waals surface area contributed by atoms with Crippen LogP contribution in [0.1, 0.15) is 43.8 Å². The number of aliphatic hydroxyl groups is 1. The first-order chi connectivity index (χ1) is 13.6. The average molecular weight is 399 g/mol. The van der Waals surface area contributed by atoms with E-state index in [0.29, 0.717) is 12.1 Å². The number of carbonyl (C=O) groups excluding carboxylic acids is 2. The molecule has 0 bridgehead atoms. The molecular formula is C22H26N2O3S. The molecule has 0 saturated heterocycles. The Morgan fingerprint density at radius 3 is 2.50 bits per heavy atom. The highest BCUT2D eigenvalue weighted by molar-refractivity contribution is 7.08. The number of carbonyl (C=O) groups is 2. The van der Waals surface area contributed by atoms with Crippen molar-refractivity contribution in [2.24, 2.45) is 0 Å². The van der Waals surface area contributed by atoms with Gasteiger partial charge in [0.2, 0.25) is 0 Å². The third kappa shape index (κ3) is 5.78. The predicted molar refractivity (Wildman–Crippen MR) is 112 cm³/mol. The van der Waals surface area contributed by atoms with Crippen LogP contribution in [-0.2, 0) is 9.59 Å². The summed E-state index contributed by atoms with van der Waals surface area (Å²) in [7, 11) is 0. The second-order valence-corrected chi connectivity index (χ2v) is 7.75. The Bertz CT molecular complexity index is 813. The molecule has 0 unspecified atom stereocenters. The summed E-state index contributed by atoms with van der Waals surface area (Å²) < 4.78 is 0. The van der Waals surface area contributed by atoms with Gasteiger partial charge < -0.3 is 15.7 Å². The molecule has 1 aliphatic carbocycles. The summed E-state index contributed by atoms with van der Waals surface area (Å²) in [6.07, 6.45) is 6.79. The van der Waals surface area contributed by atoms with Crippen LogP contribution in [0, 0.1) is 0 Å². The van der Waals surface area contributed by atoms with Gasteiger partial charge in [-0.15, -0.1) is 0 Å². The molecule has 0 saturated carbocycles. The van der Waals surface area contributed by atoms with Gasteiger partial charge in [0.05, 0.1) is 6.10 Å². The normalized spacial score (nSPS) is 14.8. The Hall–Kier alpha value is -2.44. The van der Waals surface area contributed by atoms with E-state index in [-0.39, 0.29) is 6.54 Å². The highest BCUT2D eigenvalue weighted by Crippen LogP contribution is 2.24. The third-order valence-electron chi connectivity index (χ3n) is 4.93. The van der Waals surface area contributed by atoms with Crippen LogP contribution in [0.5, 0.6) is 0 Å². The standard InChI is InChI=1S/C22H26N2O3S/c25-20(18-8-6-17(7-9-18)19-11-13-28-15-19)14-24-22(27)21(26)23-12-10-16-4-2-1-3-5-16/h4,6-9,11,13,15,20,25H,1-3,5,10,12,14H2,(H,23,26)(H,24,27)/t20-/m0/s1. The average Bonchev–Trinajstić information content (AvgIpc) is 3.27. The number of allylic oxidation sites excluding steroid dienone is 1. The summed E-state index contributed by atoms with van der Waals surface area (Å²) in [5, 5.41) is 19.5. The summed E-state index contributed by atoms with van der Waals surface area (Å²) >= 11 is 1.63. The molecule has 28 heavy (non-hydrogen) atoms. The van der Waals surface area contributed by atoms with E-state index in [9.17, 15) is 14.7 Å². The molecule has 1 aromatic carbocycles. The van der Waals surface area contributed by atoms with Gasteiger partial charge in [-0.05, 0) is 65.6 Å². The molecule has 2 aromatic rings. The van der Waals surface area contributed by atoms with Gasteiger partial charge in [-0.2, -0.15) is 11.3 Å². The van der Waals surface area contributed by atoms with E-state index in [1.165, 1.54) is 18.4 Å². The Balaban J connectivity index is 1.40. The van der Waals surface area contributed by atoms with Crippen molar-refractivity contribution in [3.8, 4) is 11.1 Å². The van der Waals surface area contributed by atoms with Gasteiger partial charge in [0.1, 0.15) is 0 Å². The van der Waals surface area contributed by atoms with Crippen LogP contribution in [0.2, 0.25) is 0 Å². The van der Waals surface area contributed by atoms with Crippen molar-refractivity contribution in [3.05, 3.63) is 58.3 Å². The minimum Gasteiger partial charge on any atom is -0.387 e. The van der Waals surface area contributed by atoms with Crippen molar-refractivity contribution in [3.63, 3.8) is 0 Å². The zero-order valence-electron chi connectivity index (χ0n) is 15.8. The summed E-state index contributed by atoms with van der Waals surface area (Å²) in [5.74, 6) is -1.37. The van der Waals surface area contributed by atoms with Crippen LogP contribution < -0.4 is 10.6 Å². The van der Waals surface area contributed by atoms with E-state index >= 15 is 0 Å². The van der Waals surface area contributed by atoms with Gasteiger partial charge in [0.25, 0.3) is 0 Å². The van der Waals surface area contributed by atoms with Crippen LogP contribution in [0.3, 0.4) is 0 Å². The van der Waals surface area contributed by atoms with Crippen molar-refractivity contribution in [2.75, 3.05) is 13.1 Å². The largest absolute Gasteiger partial charge is 0.387 e. The maximum atomic E-state index is 11.9. The van der Waals surface area contributed by atoms with Gasteiger partial charge in [0, 0.05) is 13.1 Å². The van der Waals surface area contributed by atoms with Crippen LogP contribution in [0.15, 0.2) is 52.7 Å². The lowest BCUT2D eigenvalue weighted by Crippen LogP contribution is -2.41. The monoisotopic (exact) mass is 398 g/mol. The van der Waals surface area contributed by atoms with Crippen molar-refractivity contribution in [1.82, 2.24) is 10.6 Å². The van der Waals surface area contributed by atoms with E-state index in [2.05, 4.69) is 22.1 Å². The minimum absolute atomic E-state index is 0.00476. The Morgan fingerprint density at radius 2 is 1.82 bits per heavy atom. The first-order valence-corrected chi connectivity index (χ1v) is 10.6. The molecule has 148 valence electrons. The van der Waals surface area contributed by atoms with Gasteiger partial charge in [-0.1, -0.05) is 35.9 Å². The quantitative estimate of drug-likeness (QED) is 0.493. The molecule has 0 fully saturated rings. The van der Waals surface area contributed by atoms with Crippen molar-refractivity contribution >= 4 is 23.2 Å². The van der Waals surface area contributed by atoms with Gasteiger partial charge in [-0.25, -0.2) is 0 Å². The molecule has 0 aliphatic heterocycles. The molecule has 1 aromatic heterocycles. The molecule has 6 heteroatoms. The molecule has 1 aliphatic rings. The zero-order chi connectivity index (χ0) is 19.8. The Labute approximate surface area is 169 Å². The summed E-state index contributed by atoms with van der Waals surface area (Å²) in [4.78, 5) is 23.8. The van der Waals surface area contributed by atoms with Crippen LogP contribution in [0.25, 0.3) is 11.1 Å². The summed E-state index contributed by atoms with van der Waals surface area (Å²) in [5.41, 5.74) is 4.27. The number of hydrogen-bond acceptors (Lipinski definition) is 4. The van der Waals surface area contributed by atoms with Crippen molar-refractivity contribution in [1.29, 1.82) is 0 Å². The van der Waals surface area contributed by atoms with E-state index in [1.54, 1.807) is 11.3 Å². The lowest BCUT2D eigenvalue weighted by atomic mass is 9.97. The Morgan fingerprint density at radius 1 is 1.04 bits per heavy atom. The molecule has 3 rings (SSSR count). The maximum absolute atomic E-state index is 11.9. The first-order valence-electron chi connectivity index (χ1n) is 9.68. The van der Waals surface area contributed by atoms with E-state index in [0.717, 1.165) is 30.4 Å². The lowest BCUT2D eigenvalue weighted by Gasteiger charge is -2.14. The molecule has 5 nitrogen and oxygen atoms in total. The van der Waals surface area contributed by atoms with Crippen molar-refractivity contribution in [2.45, 2.75) is 38.2 Å². The highest BCUT2D eigenvalue weighted by atomic mass is 32.1. The first kappa shape index (κ1) is 20.3. The smallest absolute Gasteiger partial charge is 0.309 e. The second kappa shape index (κ2) is 10.2. The van der Waals surface area contributed by atoms with Gasteiger partial charge in [0.15, 0.2) is 0 Å². The number of hydrogen-bond donors (Lipinski definition) is 3. The lowest BCUT2D eigenvalue weighted by molar-refractivity contribution is -0.139. The zero-order valence-corrected chi connectivity index (χ0v) is 16.6. The van der Waals surface area contributed by atoms with Gasteiger partial charge in [-0.3, -0.25) is 9.59 Å². The molecule has 1 atom stereocenters. The molecule has 0 radical (unpaired) electrons. The van der Waals surface area contributed by atoms with E-state index in [1.807, 2.05) is 35.7 Å². The molecule has 2 amide bonds. The number of nitrogens with one attached hydrogen (secondary N) is 2. The molecular weight excluding hydrogens is 372 g/mol. The Kier molecular flexibility index (Phi) is 7.39. The number of thiophene rings is 1. The maximum Gasteiger partial charge on any atom is 0.309 e. The fraction of sp³-hybridized carbons (Fsp3) is 0.364. The van der Waals surface area contributed by atoms with Crippen LogP contribution in [0.4, 0.5) is 0 Å². The highest BCUT2D eigenvalue weighted by Gasteiger charge is 2.16. The summed E-state index contributed by atoms with van der Waals surface area (Å²) in [6.45, 7) is 0.458. The van der Waals surface area contributed by atoms with Gasteiger partial charge >= 0.3 is 11.8 Å². The van der Waals surface area contributed by atoms with E-state index in [4.69, 9.17) is 0 Å². The fourth-order valence-corrected chi connectivity index (χ4v) is 3.93. The minimum atomic E-state index is -0.860. The SMILES string of the molecule is O=C(NCCC1=CCCCC1)C(=O)NC[C@H](O)c1ccc(-c2ccsc2)cc1. The number of aliphatic hydroxyl groups excluding tert-OH is 1. The number of amides is 2. The fourth-order valence-electron chi connectivity index (χ4n) is 3.26. The van der Waals surface area contributed by atoms with Crippen molar-refractivity contribution < 1.29 is 14.7 Å². The predicted octanol–water partition coefficient (Wildman–Crippen LogP) is 3.57. The number of rotatable bonds is 7. The van der Waals surface area contributed by atoms with Crippen LogP contribution in [-0.4, -0.2) is 30.0 Å². The molecule has 1 heterocycles. The summed E-state index contributed by atoms with van der Waals surface area (Å²) in [6, 6.07) is 9.59.